The largest absolute Gasteiger partial charge is 0.455 e. The van der Waals surface area contributed by atoms with E-state index in [1.807, 2.05) is 12.1 Å². The molecule has 0 amide bonds. The highest BCUT2D eigenvalue weighted by Crippen LogP contribution is 2.63. The minimum Gasteiger partial charge on any atom is -0.455 e. The van der Waals surface area contributed by atoms with E-state index in [0.29, 0.717) is 17.5 Å². The second-order valence-corrected chi connectivity index (χ2v) is 17.8. The summed E-state index contributed by atoms with van der Waals surface area (Å²) in [5.41, 5.74) is 18.0. The molecule has 2 aromatic heterocycles. The molecule has 0 bridgehead atoms. The number of aromatic nitrogens is 3. The summed E-state index contributed by atoms with van der Waals surface area (Å²) >= 11 is 0. The molecule has 9 aromatic carbocycles. The Morgan fingerprint density at radius 3 is 1.57 bits per heavy atom. The fourth-order valence-corrected chi connectivity index (χ4v) is 11.2. The van der Waals surface area contributed by atoms with Gasteiger partial charge in [0.25, 0.3) is 0 Å². The molecule has 0 N–H and O–H groups in total. The van der Waals surface area contributed by atoms with Gasteiger partial charge in [-0.25, -0.2) is 15.0 Å². The molecule has 1 spiro atoms. The summed E-state index contributed by atoms with van der Waals surface area (Å²) in [6, 6.07) is 76.0. The van der Waals surface area contributed by atoms with E-state index in [2.05, 4.69) is 214 Å². The molecule has 11 aromatic rings. The van der Waals surface area contributed by atoms with Crippen LogP contribution in [0.4, 0.5) is 0 Å². The number of nitrogens with zero attached hydrogens (tertiary/aromatic N) is 3. The minimum atomic E-state index is -0.559. The Balaban J connectivity index is 1.11. The van der Waals surface area contributed by atoms with Crippen LogP contribution in [0.2, 0.25) is 0 Å². The molecule has 2 heterocycles. The lowest BCUT2D eigenvalue weighted by atomic mass is 9.55. The van der Waals surface area contributed by atoms with Crippen molar-refractivity contribution in [1.82, 2.24) is 15.0 Å². The topological polar surface area (TPSA) is 51.8 Å². The summed E-state index contributed by atoms with van der Waals surface area (Å²) in [5, 5.41) is 2.08. The van der Waals surface area contributed by atoms with Crippen LogP contribution in [0.15, 0.2) is 217 Å². The van der Waals surface area contributed by atoms with Gasteiger partial charge >= 0.3 is 0 Å². The highest BCUT2D eigenvalue weighted by molar-refractivity contribution is 6.09. The van der Waals surface area contributed by atoms with E-state index in [4.69, 9.17) is 19.4 Å². The van der Waals surface area contributed by atoms with Crippen molar-refractivity contribution in [3.63, 3.8) is 0 Å². The van der Waals surface area contributed by atoms with Crippen LogP contribution in [0.25, 0.3) is 89.5 Å². The Bertz CT molecular complexity index is 3650. The van der Waals surface area contributed by atoms with E-state index in [1.54, 1.807) is 0 Å². The van der Waals surface area contributed by atoms with E-state index < -0.39 is 5.41 Å². The molecular formula is C61H41N3O. The molecule has 0 fully saturated rings. The third-order valence-corrected chi connectivity index (χ3v) is 14.1. The fraction of sp³-hybridized carbons (Fsp3) is 0.0656. The number of hydrogen-bond acceptors (Lipinski definition) is 4. The lowest BCUT2D eigenvalue weighted by Gasteiger charge is -2.46. The van der Waals surface area contributed by atoms with E-state index in [1.165, 1.54) is 38.9 Å². The van der Waals surface area contributed by atoms with Crippen molar-refractivity contribution in [2.45, 2.75) is 24.7 Å². The first-order chi connectivity index (χ1) is 32.0. The van der Waals surface area contributed by atoms with Gasteiger partial charge in [0.05, 0.1) is 11.0 Å². The monoisotopic (exact) mass is 831 g/mol. The predicted molar refractivity (Wildman–Crippen MR) is 264 cm³/mol. The van der Waals surface area contributed by atoms with E-state index >= 15 is 0 Å². The molecule has 2 aliphatic rings. The van der Waals surface area contributed by atoms with Crippen molar-refractivity contribution in [1.29, 1.82) is 0 Å². The Labute approximate surface area is 377 Å². The van der Waals surface area contributed by atoms with Crippen LogP contribution in [-0.4, -0.2) is 15.0 Å². The Morgan fingerprint density at radius 1 is 0.338 bits per heavy atom. The maximum Gasteiger partial charge on any atom is 0.167 e. The summed E-state index contributed by atoms with van der Waals surface area (Å²) in [5.74, 6) is 1.74. The smallest absolute Gasteiger partial charge is 0.167 e. The van der Waals surface area contributed by atoms with Crippen LogP contribution in [-0.2, 0) is 10.8 Å². The van der Waals surface area contributed by atoms with Crippen molar-refractivity contribution in [2.75, 3.05) is 0 Å². The number of benzene rings is 9. The van der Waals surface area contributed by atoms with Gasteiger partial charge in [0.1, 0.15) is 11.2 Å². The second kappa shape index (κ2) is 14.2. The van der Waals surface area contributed by atoms with Crippen LogP contribution < -0.4 is 0 Å². The van der Waals surface area contributed by atoms with Crippen LogP contribution in [0.3, 0.4) is 0 Å². The standard InChI is InChI=1S/C61H41N3O/c1-60(2)49-29-12-14-31-51(49)61(52-32-15-13-30-50(52)60)48-28-11-9-24-44(48)55-45(26-18-33-53(55)61)58-62-57(63-59(64-58)46-27-17-25-42-41-23-10-16-34-54(41)65-56(42)46)43-36-35-40(38-19-5-3-6-20-38)37-47(43)39-21-7-4-8-22-39/h3-37H,1-2H3. The molecule has 0 radical (unpaired) electrons. The maximum absolute atomic E-state index is 6.67. The van der Waals surface area contributed by atoms with E-state index in [9.17, 15) is 0 Å². The molecule has 4 nitrogen and oxygen atoms in total. The molecule has 0 unspecified atom stereocenters. The van der Waals surface area contributed by atoms with Gasteiger partial charge in [-0.3, -0.25) is 0 Å². The first-order valence-electron chi connectivity index (χ1n) is 22.4. The number of furan rings is 1. The molecule has 2 aliphatic carbocycles. The highest BCUT2D eigenvalue weighted by Gasteiger charge is 2.53. The maximum atomic E-state index is 6.67. The highest BCUT2D eigenvalue weighted by atomic mass is 16.3. The molecule has 13 rings (SSSR count). The van der Waals surface area contributed by atoms with Crippen molar-refractivity contribution in [3.05, 3.63) is 246 Å². The summed E-state index contributed by atoms with van der Waals surface area (Å²) in [7, 11) is 0. The van der Waals surface area contributed by atoms with Crippen molar-refractivity contribution in [2.24, 2.45) is 0 Å². The Kier molecular flexibility index (Phi) is 8.13. The van der Waals surface area contributed by atoms with Gasteiger partial charge in [0, 0.05) is 27.3 Å². The van der Waals surface area contributed by atoms with Gasteiger partial charge in [-0.1, -0.05) is 202 Å². The predicted octanol–water partition coefficient (Wildman–Crippen LogP) is 15.1. The van der Waals surface area contributed by atoms with E-state index in [0.717, 1.165) is 66.4 Å². The zero-order valence-corrected chi connectivity index (χ0v) is 36.0. The number of fused-ring (bicyclic) bond motifs is 12. The zero-order chi connectivity index (χ0) is 43.3. The average molecular weight is 832 g/mol. The molecule has 65 heavy (non-hydrogen) atoms. The lowest BCUT2D eigenvalue weighted by Crippen LogP contribution is -2.40. The molecular weight excluding hydrogens is 791 g/mol. The van der Waals surface area contributed by atoms with Gasteiger partial charge in [-0.2, -0.15) is 0 Å². The first-order valence-corrected chi connectivity index (χ1v) is 22.4. The normalized spacial score (nSPS) is 13.9. The van der Waals surface area contributed by atoms with Crippen LogP contribution in [0.1, 0.15) is 47.2 Å². The van der Waals surface area contributed by atoms with Gasteiger partial charge in [-0.15, -0.1) is 0 Å². The Hall–Kier alpha value is -8.21. The van der Waals surface area contributed by atoms with Gasteiger partial charge in [-0.05, 0) is 91.0 Å². The SMILES string of the molecule is CC1(C)c2ccccc2C2(c3ccccc3-c3c(-c4nc(-c5ccc(-c6ccccc6)cc5-c5ccccc5)nc(-c5cccc6c5oc5ccccc56)n4)cccc32)c2ccccc21. The second-order valence-electron chi connectivity index (χ2n) is 17.8. The van der Waals surface area contributed by atoms with E-state index in [-0.39, 0.29) is 5.41 Å². The van der Waals surface area contributed by atoms with Crippen LogP contribution in [0, 0.1) is 0 Å². The minimum absolute atomic E-state index is 0.198. The summed E-state index contributed by atoms with van der Waals surface area (Å²) in [4.78, 5) is 16.5. The zero-order valence-electron chi connectivity index (χ0n) is 36.0. The quantitative estimate of drug-likeness (QED) is 0.173. The molecule has 0 saturated heterocycles. The first kappa shape index (κ1) is 37.4. The molecule has 0 saturated carbocycles. The van der Waals surface area contributed by atoms with Gasteiger partial charge < -0.3 is 4.42 Å². The molecule has 4 heteroatoms. The third kappa shape index (κ3) is 5.41. The number of rotatable bonds is 5. The van der Waals surface area contributed by atoms with Crippen molar-refractivity contribution in [3.8, 4) is 67.5 Å². The summed E-state index contributed by atoms with van der Waals surface area (Å²) < 4.78 is 6.67. The number of para-hydroxylation sites is 2. The average Bonchev–Trinajstić information content (AvgIpc) is 3.90. The third-order valence-electron chi connectivity index (χ3n) is 14.1. The van der Waals surface area contributed by atoms with Gasteiger partial charge in [0.15, 0.2) is 17.5 Å². The number of hydrogen-bond donors (Lipinski definition) is 0. The summed E-state index contributed by atoms with van der Waals surface area (Å²) in [6.45, 7) is 4.73. The Morgan fingerprint density at radius 2 is 0.846 bits per heavy atom. The molecule has 0 atom stereocenters. The van der Waals surface area contributed by atoms with Crippen molar-refractivity contribution < 1.29 is 4.42 Å². The molecule has 306 valence electrons. The summed E-state index contributed by atoms with van der Waals surface area (Å²) in [6.07, 6.45) is 0. The van der Waals surface area contributed by atoms with Crippen molar-refractivity contribution >= 4 is 21.9 Å². The fourth-order valence-electron chi connectivity index (χ4n) is 11.2. The lowest BCUT2D eigenvalue weighted by molar-refractivity contribution is 0.563. The van der Waals surface area contributed by atoms with Crippen LogP contribution in [0.5, 0.6) is 0 Å². The molecule has 0 aliphatic heterocycles. The van der Waals surface area contributed by atoms with Crippen LogP contribution >= 0.6 is 0 Å². The van der Waals surface area contributed by atoms with Gasteiger partial charge in [0.2, 0.25) is 0 Å².